The number of imidazole rings is 1. The van der Waals surface area contributed by atoms with Crippen LogP contribution in [0.3, 0.4) is 0 Å². The molecule has 0 radical (unpaired) electrons. The van der Waals surface area contributed by atoms with Gasteiger partial charge in [0.25, 0.3) is 5.91 Å². The third-order valence-corrected chi connectivity index (χ3v) is 8.38. The van der Waals surface area contributed by atoms with Gasteiger partial charge in [0, 0.05) is 48.4 Å². The zero-order valence-electron chi connectivity index (χ0n) is 23.2. The molecule has 6 aromatic rings. The predicted molar refractivity (Wildman–Crippen MR) is 161 cm³/mol. The van der Waals surface area contributed by atoms with Gasteiger partial charge in [0.05, 0.1) is 28.7 Å². The van der Waals surface area contributed by atoms with Crippen LogP contribution in [0.2, 0.25) is 0 Å². The molecule has 0 spiro atoms. The lowest BCUT2D eigenvalue weighted by Gasteiger charge is -2.20. The number of aromatic nitrogens is 3. The lowest BCUT2D eigenvalue weighted by Crippen LogP contribution is -2.25. The number of rotatable bonds is 6. The lowest BCUT2D eigenvalue weighted by atomic mass is 10.00. The van der Waals surface area contributed by atoms with Gasteiger partial charge in [-0.05, 0) is 37.3 Å². The second-order valence-electron chi connectivity index (χ2n) is 10.00. The molecule has 3 aromatic carbocycles. The van der Waals surface area contributed by atoms with Crippen molar-refractivity contribution < 1.29 is 22.0 Å². The SMILES string of the molecule is CNC(=O)c1c(-c2ccc(C)cc2)oc2cc(N(C)S(C)(=O)=O)c(-c3cc(-c4nc5c(F)cccc5[nH]4)ccn3)cc12. The third kappa shape index (κ3) is 4.67. The Morgan fingerprint density at radius 3 is 2.50 bits per heavy atom. The van der Waals surface area contributed by atoms with Crippen LogP contribution in [0.25, 0.3) is 56.0 Å². The number of sulfonamides is 1. The van der Waals surface area contributed by atoms with E-state index in [9.17, 15) is 17.6 Å². The Kier molecular flexibility index (Phi) is 6.53. The number of nitrogens with one attached hydrogen (secondary N) is 2. The molecule has 42 heavy (non-hydrogen) atoms. The quantitative estimate of drug-likeness (QED) is 0.252. The first-order valence-electron chi connectivity index (χ1n) is 13.0. The summed E-state index contributed by atoms with van der Waals surface area (Å²) >= 11 is 0. The van der Waals surface area contributed by atoms with Crippen LogP contribution in [0.5, 0.6) is 0 Å². The molecule has 0 aliphatic rings. The molecule has 0 unspecified atom stereocenters. The number of hydrogen-bond donors (Lipinski definition) is 2. The number of hydrogen-bond acceptors (Lipinski definition) is 6. The summed E-state index contributed by atoms with van der Waals surface area (Å²) in [6.07, 6.45) is 2.67. The maximum atomic E-state index is 14.3. The van der Waals surface area contributed by atoms with Crippen molar-refractivity contribution in [2.75, 3.05) is 24.7 Å². The summed E-state index contributed by atoms with van der Waals surface area (Å²) in [6, 6.07) is 19.0. The van der Waals surface area contributed by atoms with Crippen molar-refractivity contribution in [3.63, 3.8) is 0 Å². The van der Waals surface area contributed by atoms with Crippen LogP contribution in [0.4, 0.5) is 10.1 Å². The summed E-state index contributed by atoms with van der Waals surface area (Å²) in [4.78, 5) is 25.3. The van der Waals surface area contributed by atoms with Crippen molar-refractivity contribution in [1.82, 2.24) is 20.3 Å². The van der Waals surface area contributed by atoms with Gasteiger partial charge < -0.3 is 14.7 Å². The fourth-order valence-electron chi connectivity index (χ4n) is 4.89. The Bertz CT molecular complexity index is 2120. The molecule has 0 aliphatic heterocycles. The smallest absolute Gasteiger partial charge is 0.255 e. The Morgan fingerprint density at radius 1 is 1.05 bits per heavy atom. The topological polar surface area (TPSA) is 121 Å². The monoisotopic (exact) mass is 583 g/mol. The van der Waals surface area contributed by atoms with E-state index in [4.69, 9.17) is 4.42 Å². The van der Waals surface area contributed by atoms with Crippen molar-refractivity contribution in [1.29, 1.82) is 0 Å². The van der Waals surface area contributed by atoms with E-state index in [1.165, 1.54) is 20.2 Å². The fourth-order valence-corrected chi connectivity index (χ4v) is 5.40. The zero-order valence-corrected chi connectivity index (χ0v) is 24.0. The number of amides is 1. The van der Waals surface area contributed by atoms with E-state index in [-0.39, 0.29) is 11.4 Å². The standard InChI is InChI=1S/C31H26FN5O4S/c1-17-8-10-18(11-9-17)29-27(31(38)33-2)21-15-20(25(16-26(21)41-29)37(3)42(4,39)40)24-14-19(12-13-34-24)30-35-23-7-5-6-22(32)28(23)36-30/h5-16H,1-4H3,(H,33,38)(H,35,36). The molecule has 0 saturated heterocycles. The molecule has 0 bridgehead atoms. The number of nitrogens with zero attached hydrogens (tertiary/aromatic N) is 3. The number of aryl methyl sites for hydroxylation is 1. The molecule has 0 atom stereocenters. The summed E-state index contributed by atoms with van der Waals surface area (Å²) in [5.74, 6) is -0.0160. The number of benzene rings is 3. The number of halogens is 1. The van der Waals surface area contributed by atoms with E-state index in [2.05, 4.69) is 20.3 Å². The predicted octanol–water partition coefficient (Wildman–Crippen LogP) is 5.91. The second-order valence-corrected chi connectivity index (χ2v) is 12.0. The minimum atomic E-state index is -3.70. The number of fused-ring (bicyclic) bond motifs is 2. The van der Waals surface area contributed by atoms with Crippen molar-refractivity contribution in [3.8, 4) is 34.0 Å². The highest BCUT2D eigenvalue weighted by molar-refractivity contribution is 7.92. The van der Waals surface area contributed by atoms with Gasteiger partial charge in [0.1, 0.15) is 22.7 Å². The maximum absolute atomic E-state index is 14.3. The molecule has 3 aromatic heterocycles. The third-order valence-electron chi connectivity index (χ3n) is 7.18. The van der Waals surface area contributed by atoms with Crippen LogP contribution < -0.4 is 9.62 Å². The normalized spacial score (nSPS) is 11.7. The number of carbonyl (C=O) groups is 1. The number of carbonyl (C=O) groups excluding carboxylic acids is 1. The van der Waals surface area contributed by atoms with Crippen molar-refractivity contribution in [2.24, 2.45) is 0 Å². The molecule has 0 fully saturated rings. The van der Waals surface area contributed by atoms with Crippen molar-refractivity contribution in [2.45, 2.75) is 6.92 Å². The van der Waals surface area contributed by atoms with Crippen LogP contribution in [0.1, 0.15) is 15.9 Å². The number of anilines is 1. The van der Waals surface area contributed by atoms with Gasteiger partial charge in [-0.25, -0.2) is 17.8 Å². The molecular formula is C31H26FN5O4S. The summed E-state index contributed by atoms with van der Waals surface area (Å²) in [7, 11) is -0.721. The van der Waals surface area contributed by atoms with Crippen LogP contribution >= 0.6 is 0 Å². The van der Waals surface area contributed by atoms with Gasteiger partial charge in [-0.15, -0.1) is 0 Å². The van der Waals surface area contributed by atoms with Gasteiger partial charge in [-0.1, -0.05) is 35.9 Å². The first kappa shape index (κ1) is 27.2. The first-order chi connectivity index (χ1) is 20.0. The molecule has 9 nitrogen and oxygen atoms in total. The highest BCUT2D eigenvalue weighted by Gasteiger charge is 2.26. The largest absolute Gasteiger partial charge is 0.455 e. The fraction of sp³-hybridized carbons (Fsp3) is 0.129. The lowest BCUT2D eigenvalue weighted by molar-refractivity contribution is 0.0964. The molecule has 3 heterocycles. The van der Waals surface area contributed by atoms with Gasteiger partial charge in [0.2, 0.25) is 10.0 Å². The number of aromatic amines is 1. The average molecular weight is 584 g/mol. The number of H-pyrrole nitrogens is 1. The molecule has 1 amide bonds. The first-order valence-corrected chi connectivity index (χ1v) is 14.8. The van der Waals surface area contributed by atoms with E-state index >= 15 is 0 Å². The van der Waals surface area contributed by atoms with Crippen LogP contribution in [-0.4, -0.2) is 49.6 Å². The molecule has 0 saturated carbocycles. The number of para-hydroxylation sites is 1. The van der Waals surface area contributed by atoms with E-state index in [0.29, 0.717) is 61.7 Å². The molecule has 6 rings (SSSR count). The van der Waals surface area contributed by atoms with E-state index in [1.54, 1.807) is 42.6 Å². The maximum Gasteiger partial charge on any atom is 0.255 e. The molecule has 2 N–H and O–H groups in total. The number of furan rings is 1. The molecule has 11 heteroatoms. The van der Waals surface area contributed by atoms with Crippen LogP contribution in [0.15, 0.2) is 77.3 Å². The van der Waals surface area contributed by atoms with Crippen molar-refractivity contribution in [3.05, 3.63) is 89.9 Å². The summed E-state index contributed by atoms with van der Waals surface area (Å²) < 4.78 is 47.1. The van der Waals surface area contributed by atoms with Gasteiger partial charge >= 0.3 is 0 Å². The second kappa shape index (κ2) is 10.1. The Labute approximate surface area is 241 Å². The van der Waals surface area contributed by atoms with Gasteiger partial charge in [-0.3, -0.25) is 14.1 Å². The van der Waals surface area contributed by atoms with Crippen LogP contribution in [-0.2, 0) is 10.0 Å². The van der Waals surface area contributed by atoms with Crippen molar-refractivity contribution >= 4 is 43.6 Å². The minimum Gasteiger partial charge on any atom is -0.455 e. The minimum absolute atomic E-state index is 0.210. The molecular weight excluding hydrogens is 557 g/mol. The van der Waals surface area contributed by atoms with Gasteiger partial charge in [0.15, 0.2) is 5.82 Å². The van der Waals surface area contributed by atoms with E-state index in [0.717, 1.165) is 16.1 Å². The summed E-state index contributed by atoms with van der Waals surface area (Å²) in [5.41, 5.74) is 4.93. The molecule has 212 valence electrons. The average Bonchev–Trinajstić information content (AvgIpc) is 3.58. The highest BCUT2D eigenvalue weighted by atomic mass is 32.2. The van der Waals surface area contributed by atoms with E-state index in [1.807, 2.05) is 31.2 Å². The van der Waals surface area contributed by atoms with E-state index < -0.39 is 15.8 Å². The van der Waals surface area contributed by atoms with Gasteiger partial charge in [-0.2, -0.15) is 0 Å². The number of pyridine rings is 1. The highest BCUT2D eigenvalue weighted by Crippen LogP contribution is 2.41. The Balaban J connectivity index is 1.60. The zero-order chi connectivity index (χ0) is 29.8. The molecule has 0 aliphatic carbocycles. The summed E-state index contributed by atoms with van der Waals surface area (Å²) in [6.45, 7) is 1.96. The van der Waals surface area contributed by atoms with Crippen LogP contribution in [0, 0.1) is 12.7 Å². The Hall–Kier alpha value is -5.03. The summed E-state index contributed by atoms with van der Waals surface area (Å²) in [5, 5.41) is 3.18. The Morgan fingerprint density at radius 2 is 1.81 bits per heavy atom.